The van der Waals surface area contributed by atoms with E-state index >= 15 is 0 Å². The summed E-state index contributed by atoms with van der Waals surface area (Å²) in [6, 6.07) is 20.5. The fourth-order valence-electron chi connectivity index (χ4n) is 3.88. The monoisotopic (exact) mass is 406 g/mol. The van der Waals surface area contributed by atoms with Gasteiger partial charge in [-0.25, -0.2) is 4.98 Å². The van der Waals surface area contributed by atoms with Crippen LogP contribution in [0.2, 0.25) is 5.02 Å². The Morgan fingerprint density at radius 2 is 1.83 bits per heavy atom. The van der Waals surface area contributed by atoms with Gasteiger partial charge in [0.05, 0.1) is 17.5 Å². The van der Waals surface area contributed by atoms with Crippen molar-refractivity contribution in [2.75, 3.05) is 0 Å². The number of aromatic nitrogens is 2. The average Bonchev–Trinajstić information content (AvgIpc) is 2.96. The van der Waals surface area contributed by atoms with E-state index in [1.54, 1.807) is 0 Å². The highest BCUT2D eigenvalue weighted by atomic mass is 35.5. The van der Waals surface area contributed by atoms with Crippen molar-refractivity contribution in [1.82, 2.24) is 9.55 Å². The van der Waals surface area contributed by atoms with Crippen molar-refractivity contribution in [3.05, 3.63) is 77.1 Å². The van der Waals surface area contributed by atoms with Gasteiger partial charge >= 0.3 is 5.97 Å². The van der Waals surface area contributed by atoms with Crippen LogP contribution in [0, 0.1) is 5.41 Å². The molecule has 148 valence electrons. The number of carboxylic acids is 1. The van der Waals surface area contributed by atoms with Gasteiger partial charge in [-0.3, -0.25) is 4.79 Å². The van der Waals surface area contributed by atoms with Gasteiger partial charge < -0.3 is 9.67 Å². The highest BCUT2D eigenvalue weighted by Crippen LogP contribution is 2.29. The predicted molar refractivity (Wildman–Crippen MR) is 118 cm³/mol. The van der Waals surface area contributed by atoms with Crippen molar-refractivity contribution in [3.63, 3.8) is 0 Å². The van der Waals surface area contributed by atoms with Crippen molar-refractivity contribution in [1.29, 1.82) is 0 Å². The molecule has 0 saturated heterocycles. The lowest BCUT2D eigenvalue weighted by molar-refractivity contribution is -0.139. The summed E-state index contributed by atoms with van der Waals surface area (Å²) in [6.07, 6.45) is 0.659. The predicted octanol–water partition coefficient (Wildman–Crippen LogP) is 5.93. The molecule has 0 amide bonds. The molecule has 0 aliphatic rings. The fourth-order valence-corrected chi connectivity index (χ4v) is 4.05. The first-order valence-electron chi connectivity index (χ1n) is 9.65. The van der Waals surface area contributed by atoms with Crippen LogP contribution in [0.15, 0.2) is 60.7 Å². The number of benzene rings is 3. The van der Waals surface area contributed by atoms with E-state index in [1.807, 2.05) is 44.2 Å². The molecule has 1 aromatic heterocycles. The van der Waals surface area contributed by atoms with E-state index < -0.39 is 11.4 Å². The number of fused-ring (bicyclic) bond motifs is 2. The molecule has 0 unspecified atom stereocenters. The fraction of sp³-hybridized carbons (Fsp3) is 0.250. The summed E-state index contributed by atoms with van der Waals surface area (Å²) in [7, 11) is 0. The zero-order valence-corrected chi connectivity index (χ0v) is 17.3. The van der Waals surface area contributed by atoms with Crippen molar-refractivity contribution < 1.29 is 9.90 Å². The first kappa shape index (κ1) is 19.5. The summed E-state index contributed by atoms with van der Waals surface area (Å²) in [4.78, 5) is 16.1. The van der Waals surface area contributed by atoms with E-state index in [9.17, 15) is 9.90 Å². The van der Waals surface area contributed by atoms with Crippen molar-refractivity contribution in [3.8, 4) is 0 Å². The van der Waals surface area contributed by atoms with E-state index in [0.29, 0.717) is 18.0 Å². The molecule has 0 atom stereocenters. The Hall–Kier alpha value is -2.85. The number of nitrogens with zero attached hydrogens (tertiary/aromatic N) is 2. The number of carboxylic acid groups (broad SMARTS) is 1. The number of halogens is 1. The lowest BCUT2D eigenvalue weighted by Crippen LogP contribution is -2.22. The number of aliphatic carboxylic acids is 1. The van der Waals surface area contributed by atoms with Crippen LogP contribution in [-0.2, 0) is 17.8 Å². The lowest BCUT2D eigenvalue weighted by Gasteiger charge is -2.22. The molecule has 1 N–H and O–H groups in total. The summed E-state index contributed by atoms with van der Waals surface area (Å²) in [5.41, 5.74) is 2.61. The Morgan fingerprint density at radius 3 is 2.59 bits per heavy atom. The third-order valence-corrected chi connectivity index (χ3v) is 5.45. The van der Waals surface area contributed by atoms with E-state index in [-0.39, 0.29) is 6.42 Å². The second-order valence-electron chi connectivity index (χ2n) is 8.34. The van der Waals surface area contributed by atoms with Crippen molar-refractivity contribution in [2.24, 2.45) is 5.41 Å². The molecule has 0 radical (unpaired) electrons. The molecule has 0 aliphatic heterocycles. The Kier molecular flexibility index (Phi) is 5.05. The first-order chi connectivity index (χ1) is 13.8. The van der Waals surface area contributed by atoms with Crippen molar-refractivity contribution >= 4 is 39.4 Å². The van der Waals surface area contributed by atoms with Gasteiger partial charge in [-0.2, -0.15) is 0 Å². The van der Waals surface area contributed by atoms with Gasteiger partial charge in [0, 0.05) is 18.0 Å². The molecule has 4 rings (SSSR count). The second kappa shape index (κ2) is 7.53. The zero-order valence-electron chi connectivity index (χ0n) is 16.5. The number of hydrogen-bond acceptors (Lipinski definition) is 2. The largest absolute Gasteiger partial charge is 0.481 e. The molecule has 1 heterocycles. The molecule has 0 spiro atoms. The van der Waals surface area contributed by atoms with Gasteiger partial charge in [-0.05, 0) is 46.0 Å². The minimum atomic E-state index is -0.796. The quantitative estimate of drug-likeness (QED) is 0.431. The molecule has 3 aromatic carbocycles. The third kappa shape index (κ3) is 4.28. The molecule has 0 saturated carbocycles. The Labute approximate surface area is 174 Å². The van der Waals surface area contributed by atoms with E-state index in [0.717, 1.165) is 16.9 Å². The highest BCUT2D eigenvalue weighted by molar-refractivity contribution is 6.31. The summed E-state index contributed by atoms with van der Waals surface area (Å²) < 4.78 is 2.18. The molecule has 0 fully saturated rings. The van der Waals surface area contributed by atoms with Gasteiger partial charge in [0.1, 0.15) is 5.82 Å². The van der Waals surface area contributed by atoms with Gasteiger partial charge in [-0.15, -0.1) is 0 Å². The molecule has 4 nitrogen and oxygen atoms in total. The topological polar surface area (TPSA) is 55.1 Å². The first-order valence-corrected chi connectivity index (χ1v) is 10.0. The summed E-state index contributed by atoms with van der Waals surface area (Å²) in [6.45, 7) is 4.60. The summed E-state index contributed by atoms with van der Waals surface area (Å²) in [5, 5.41) is 12.3. The second-order valence-corrected chi connectivity index (χ2v) is 8.78. The number of carbonyl (C=O) groups is 1. The van der Waals surface area contributed by atoms with Crippen LogP contribution in [-0.4, -0.2) is 20.6 Å². The van der Waals surface area contributed by atoms with Crippen molar-refractivity contribution in [2.45, 2.75) is 33.2 Å². The molecule has 0 aliphatic carbocycles. The standard InChI is InChI=1S/C24H23ClN2O2/c1-24(2,14-23(28)29)13-22-26-20-12-19(25)9-10-21(20)27(22)15-16-7-8-17-5-3-4-6-18(17)11-16/h3-12H,13-15H2,1-2H3,(H,28,29). The smallest absolute Gasteiger partial charge is 0.303 e. The van der Waals surface area contributed by atoms with Crippen LogP contribution in [0.1, 0.15) is 31.7 Å². The van der Waals surface area contributed by atoms with Crippen LogP contribution in [0.3, 0.4) is 0 Å². The Balaban J connectivity index is 1.77. The summed E-state index contributed by atoms with van der Waals surface area (Å²) in [5.74, 6) is 0.0805. The lowest BCUT2D eigenvalue weighted by atomic mass is 9.85. The zero-order chi connectivity index (χ0) is 20.6. The third-order valence-electron chi connectivity index (χ3n) is 5.21. The molecular formula is C24H23ClN2O2. The number of rotatable bonds is 6. The highest BCUT2D eigenvalue weighted by Gasteiger charge is 2.25. The maximum absolute atomic E-state index is 11.3. The SMILES string of the molecule is CC(C)(CC(=O)O)Cc1nc2cc(Cl)ccc2n1Cc1ccc2ccccc2c1. The molecule has 0 bridgehead atoms. The minimum Gasteiger partial charge on any atom is -0.481 e. The Bertz CT molecular complexity index is 1210. The normalized spacial score (nSPS) is 12.0. The van der Waals surface area contributed by atoms with Crippen LogP contribution >= 0.6 is 11.6 Å². The molecular weight excluding hydrogens is 384 g/mol. The molecule has 4 aromatic rings. The van der Waals surface area contributed by atoms with Gasteiger partial charge in [0.15, 0.2) is 0 Å². The maximum Gasteiger partial charge on any atom is 0.303 e. The minimum absolute atomic E-state index is 0.0902. The summed E-state index contributed by atoms with van der Waals surface area (Å²) >= 11 is 6.18. The van der Waals surface area contributed by atoms with Crippen LogP contribution in [0.4, 0.5) is 0 Å². The van der Waals surface area contributed by atoms with Crippen LogP contribution in [0.5, 0.6) is 0 Å². The van der Waals surface area contributed by atoms with Crippen LogP contribution < -0.4 is 0 Å². The maximum atomic E-state index is 11.3. The van der Waals surface area contributed by atoms with E-state index in [4.69, 9.17) is 16.6 Å². The average molecular weight is 407 g/mol. The molecule has 5 heteroatoms. The number of hydrogen-bond donors (Lipinski definition) is 1. The van der Waals surface area contributed by atoms with E-state index in [1.165, 1.54) is 16.3 Å². The van der Waals surface area contributed by atoms with Crippen LogP contribution in [0.25, 0.3) is 21.8 Å². The Morgan fingerprint density at radius 1 is 1.07 bits per heavy atom. The molecule has 29 heavy (non-hydrogen) atoms. The van der Waals surface area contributed by atoms with Gasteiger partial charge in [-0.1, -0.05) is 61.8 Å². The van der Waals surface area contributed by atoms with Gasteiger partial charge in [0.25, 0.3) is 0 Å². The number of imidazole rings is 1. The van der Waals surface area contributed by atoms with Gasteiger partial charge in [0.2, 0.25) is 0 Å². The van der Waals surface area contributed by atoms with E-state index in [2.05, 4.69) is 34.9 Å².